The maximum Gasteiger partial charge on any atom is 0.263 e. The van der Waals surface area contributed by atoms with Crippen molar-refractivity contribution >= 4 is 22.7 Å². The van der Waals surface area contributed by atoms with Crippen LogP contribution >= 0.6 is 0 Å². The van der Waals surface area contributed by atoms with Crippen molar-refractivity contribution in [2.75, 3.05) is 19.7 Å². The van der Waals surface area contributed by atoms with Crippen LogP contribution in [0.25, 0.3) is 10.9 Å². The molecule has 1 saturated heterocycles. The summed E-state index contributed by atoms with van der Waals surface area (Å²) < 4.78 is 11.3. The van der Waals surface area contributed by atoms with Gasteiger partial charge in [0.25, 0.3) is 11.8 Å². The molecule has 172 valence electrons. The number of pyridine rings is 1. The second-order valence-corrected chi connectivity index (χ2v) is 8.24. The molecule has 2 amide bonds. The number of nitrogens with zero attached hydrogens (tertiary/aromatic N) is 2. The highest BCUT2D eigenvalue weighted by Gasteiger charge is 2.30. The van der Waals surface area contributed by atoms with Crippen LogP contribution in [0.1, 0.15) is 48.7 Å². The summed E-state index contributed by atoms with van der Waals surface area (Å²) in [6, 6.07) is 16.8. The Labute approximate surface area is 193 Å². The lowest BCUT2D eigenvalue weighted by molar-refractivity contribution is -0.139. The molecule has 1 aromatic heterocycles. The van der Waals surface area contributed by atoms with Gasteiger partial charge in [-0.25, -0.2) is 0 Å². The number of rotatable bonds is 7. The van der Waals surface area contributed by atoms with E-state index in [-0.39, 0.29) is 11.8 Å². The number of nitrogens with two attached hydrogens (primary N) is 1. The molecule has 2 heterocycles. The predicted octanol–water partition coefficient (Wildman–Crippen LogP) is 3.91. The molecule has 7 nitrogen and oxygen atoms in total. The summed E-state index contributed by atoms with van der Waals surface area (Å²) in [5.41, 5.74) is 7.69. The summed E-state index contributed by atoms with van der Waals surface area (Å²) >= 11 is 0. The minimum atomic E-state index is -0.598. The second kappa shape index (κ2) is 9.90. The number of hydrogen-bond acceptors (Lipinski definition) is 5. The number of ether oxygens (including phenoxy) is 2. The van der Waals surface area contributed by atoms with Gasteiger partial charge in [-0.2, -0.15) is 0 Å². The number of piperidine rings is 1. The standard InChI is InChI=1S/C26H29N3O4/c1-3-32-20-8-10-21(11-9-20)33-17(2)26(31)29-14-12-18(13-15-29)24-22(25(27)30)16-19-6-4-5-7-23(19)28-24/h4-11,16-18H,3,12-15H2,1-2H3,(H2,27,30). The molecule has 0 saturated carbocycles. The molecule has 4 rings (SSSR count). The molecular weight excluding hydrogens is 418 g/mol. The summed E-state index contributed by atoms with van der Waals surface area (Å²) in [6.07, 6.45) is 0.833. The Morgan fingerprint density at radius 2 is 1.76 bits per heavy atom. The van der Waals surface area contributed by atoms with E-state index in [1.165, 1.54) is 0 Å². The topological polar surface area (TPSA) is 94.8 Å². The fraction of sp³-hybridized carbons (Fsp3) is 0.346. The van der Waals surface area contributed by atoms with Crippen LogP contribution in [0, 0.1) is 0 Å². The second-order valence-electron chi connectivity index (χ2n) is 8.24. The number of likely N-dealkylation sites (tertiary alicyclic amines) is 1. The van der Waals surface area contributed by atoms with Crippen LogP contribution in [0.2, 0.25) is 0 Å². The highest BCUT2D eigenvalue weighted by molar-refractivity contribution is 5.97. The first kappa shape index (κ1) is 22.6. The Hall–Kier alpha value is -3.61. The number of primary amides is 1. The number of para-hydroxylation sites is 1. The fourth-order valence-corrected chi connectivity index (χ4v) is 4.31. The number of benzene rings is 2. The molecule has 2 aromatic carbocycles. The number of aromatic nitrogens is 1. The van der Waals surface area contributed by atoms with Gasteiger partial charge in [-0.1, -0.05) is 18.2 Å². The molecule has 1 fully saturated rings. The monoisotopic (exact) mass is 447 g/mol. The summed E-state index contributed by atoms with van der Waals surface area (Å²) in [7, 11) is 0. The fourth-order valence-electron chi connectivity index (χ4n) is 4.31. The Kier molecular flexibility index (Phi) is 6.77. The van der Waals surface area contributed by atoms with E-state index in [0.717, 1.165) is 22.3 Å². The van der Waals surface area contributed by atoms with E-state index in [4.69, 9.17) is 20.2 Å². The highest BCUT2D eigenvalue weighted by atomic mass is 16.5. The van der Waals surface area contributed by atoms with E-state index in [9.17, 15) is 9.59 Å². The van der Waals surface area contributed by atoms with Crippen molar-refractivity contribution in [2.45, 2.75) is 38.7 Å². The number of amides is 2. The Morgan fingerprint density at radius 3 is 2.42 bits per heavy atom. The van der Waals surface area contributed by atoms with Crippen molar-refractivity contribution in [1.29, 1.82) is 0 Å². The molecule has 2 N–H and O–H groups in total. The molecule has 0 bridgehead atoms. The minimum absolute atomic E-state index is 0.0519. The summed E-state index contributed by atoms with van der Waals surface area (Å²) in [4.78, 5) is 31.6. The molecule has 0 radical (unpaired) electrons. The van der Waals surface area contributed by atoms with Crippen molar-refractivity contribution in [3.05, 3.63) is 65.9 Å². The Balaban J connectivity index is 1.40. The number of fused-ring (bicyclic) bond motifs is 1. The zero-order valence-corrected chi connectivity index (χ0v) is 19.0. The molecule has 0 spiro atoms. The van der Waals surface area contributed by atoms with Gasteiger partial charge in [0.1, 0.15) is 11.5 Å². The predicted molar refractivity (Wildman–Crippen MR) is 127 cm³/mol. The summed E-state index contributed by atoms with van der Waals surface area (Å²) in [5, 5.41) is 0.892. The van der Waals surface area contributed by atoms with E-state index in [1.807, 2.05) is 54.3 Å². The maximum atomic E-state index is 13.0. The third-order valence-electron chi connectivity index (χ3n) is 6.01. The third-order valence-corrected chi connectivity index (χ3v) is 6.01. The first-order valence-electron chi connectivity index (χ1n) is 11.3. The molecule has 33 heavy (non-hydrogen) atoms. The number of carbonyl (C=O) groups is 2. The lowest BCUT2D eigenvalue weighted by atomic mass is 9.89. The van der Waals surface area contributed by atoms with Crippen LogP contribution in [0.15, 0.2) is 54.6 Å². The molecule has 1 aliphatic rings. The largest absolute Gasteiger partial charge is 0.494 e. The Bertz CT molecular complexity index is 1140. The molecule has 1 unspecified atom stereocenters. The van der Waals surface area contributed by atoms with Crippen molar-refractivity contribution in [3.8, 4) is 11.5 Å². The van der Waals surface area contributed by atoms with Crippen LogP contribution < -0.4 is 15.2 Å². The molecule has 1 aliphatic heterocycles. The summed E-state index contributed by atoms with van der Waals surface area (Å²) in [5.74, 6) is 0.941. The van der Waals surface area contributed by atoms with Crippen molar-refractivity contribution in [2.24, 2.45) is 5.73 Å². The Morgan fingerprint density at radius 1 is 1.09 bits per heavy atom. The van der Waals surface area contributed by atoms with Gasteiger partial charge in [0.2, 0.25) is 0 Å². The zero-order chi connectivity index (χ0) is 23.4. The normalized spacial score (nSPS) is 15.3. The van der Waals surface area contributed by atoms with E-state index < -0.39 is 12.0 Å². The molecule has 1 atom stereocenters. The van der Waals surface area contributed by atoms with Gasteiger partial charge in [0, 0.05) is 24.4 Å². The van der Waals surface area contributed by atoms with Gasteiger partial charge in [-0.05, 0) is 63.1 Å². The minimum Gasteiger partial charge on any atom is -0.494 e. The third kappa shape index (κ3) is 5.08. The van der Waals surface area contributed by atoms with Gasteiger partial charge in [0.05, 0.1) is 23.4 Å². The lowest BCUT2D eigenvalue weighted by Gasteiger charge is -2.33. The molecule has 7 heteroatoms. The lowest BCUT2D eigenvalue weighted by Crippen LogP contribution is -2.44. The summed E-state index contributed by atoms with van der Waals surface area (Å²) in [6.45, 7) is 5.45. The van der Waals surface area contributed by atoms with E-state index in [0.29, 0.717) is 43.9 Å². The van der Waals surface area contributed by atoms with Crippen molar-refractivity contribution in [3.63, 3.8) is 0 Å². The van der Waals surface area contributed by atoms with E-state index in [1.54, 1.807) is 19.1 Å². The van der Waals surface area contributed by atoms with Gasteiger partial charge in [-0.3, -0.25) is 14.6 Å². The highest BCUT2D eigenvalue weighted by Crippen LogP contribution is 2.31. The van der Waals surface area contributed by atoms with E-state index >= 15 is 0 Å². The van der Waals surface area contributed by atoms with Gasteiger partial charge in [-0.15, -0.1) is 0 Å². The number of carbonyl (C=O) groups excluding carboxylic acids is 2. The first-order chi connectivity index (χ1) is 16.0. The van der Waals surface area contributed by atoms with Crippen LogP contribution in [0.4, 0.5) is 0 Å². The average Bonchev–Trinajstić information content (AvgIpc) is 2.84. The quantitative estimate of drug-likeness (QED) is 0.593. The van der Waals surface area contributed by atoms with Crippen LogP contribution in [0.3, 0.4) is 0 Å². The van der Waals surface area contributed by atoms with E-state index in [2.05, 4.69) is 0 Å². The van der Waals surface area contributed by atoms with Gasteiger partial charge < -0.3 is 20.1 Å². The van der Waals surface area contributed by atoms with Crippen molar-refractivity contribution in [1.82, 2.24) is 9.88 Å². The maximum absolute atomic E-state index is 13.0. The van der Waals surface area contributed by atoms with Crippen molar-refractivity contribution < 1.29 is 19.1 Å². The smallest absolute Gasteiger partial charge is 0.263 e. The molecular formula is C26H29N3O4. The first-order valence-corrected chi connectivity index (χ1v) is 11.3. The van der Waals surface area contributed by atoms with Gasteiger partial charge in [0.15, 0.2) is 6.10 Å². The van der Waals surface area contributed by atoms with Crippen LogP contribution in [-0.2, 0) is 4.79 Å². The SMILES string of the molecule is CCOc1ccc(OC(C)C(=O)N2CCC(c3nc4ccccc4cc3C(N)=O)CC2)cc1. The zero-order valence-electron chi connectivity index (χ0n) is 19.0. The number of hydrogen-bond donors (Lipinski definition) is 1. The van der Waals surface area contributed by atoms with Gasteiger partial charge >= 0.3 is 0 Å². The molecule has 3 aromatic rings. The van der Waals surface area contributed by atoms with Crippen LogP contribution in [0.5, 0.6) is 11.5 Å². The molecule has 0 aliphatic carbocycles. The average molecular weight is 448 g/mol. The van der Waals surface area contributed by atoms with Crippen LogP contribution in [-0.4, -0.2) is 47.5 Å².